The highest BCUT2D eigenvalue weighted by molar-refractivity contribution is 6.23. The van der Waals surface area contributed by atoms with Crippen LogP contribution >= 0.6 is 0 Å². The molecule has 21 heavy (non-hydrogen) atoms. The molecule has 0 radical (unpaired) electrons. The fourth-order valence-corrected chi connectivity index (χ4v) is 2.38. The number of ether oxygens (including phenoxy) is 1. The fraction of sp³-hybridized carbons (Fsp3) is 0.286. The SMILES string of the molecule is COCCN1CC(O)=C(c2nc3ccc(F)cc3[nH]2)C1=N. The Labute approximate surface area is 120 Å². The summed E-state index contributed by atoms with van der Waals surface area (Å²) in [6.07, 6.45) is 0. The van der Waals surface area contributed by atoms with E-state index in [4.69, 9.17) is 10.1 Å². The number of aliphatic hydroxyl groups excluding tert-OH is 1. The zero-order valence-electron chi connectivity index (χ0n) is 11.5. The van der Waals surface area contributed by atoms with Gasteiger partial charge in [0.1, 0.15) is 23.2 Å². The van der Waals surface area contributed by atoms with Crippen molar-refractivity contribution in [2.45, 2.75) is 0 Å². The standard InChI is InChI=1S/C14H15FN4O2/c1-21-5-4-19-7-11(20)12(13(19)16)14-17-9-3-2-8(15)6-10(9)18-14/h2-3,6,16,20H,4-5,7H2,1H3,(H,17,18). The van der Waals surface area contributed by atoms with Gasteiger partial charge in [-0.15, -0.1) is 0 Å². The predicted molar refractivity (Wildman–Crippen MR) is 76.8 cm³/mol. The van der Waals surface area contributed by atoms with E-state index in [1.165, 1.54) is 12.1 Å². The van der Waals surface area contributed by atoms with Crippen LogP contribution in [0.5, 0.6) is 0 Å². The van der Waals surface area contributed by atoms with Gasteiger partial charge in [0, 0.05) is 13.7 Å². The van der Waals surface area contributed by atoms with Crippen molar-refractivity contribution in [1.82, 2.24) is 14.9 Å². The minimum atomic E-state index is -0.362. The molecule has 1 aliphatic heterocycles. The average Bonchev–Trinajstić information content (AvgIpc) is 2.96. The Bertz CT molecular complexity index is 738. The average molecular weight is 290 g/mol. The van der Waals surface area contributed by atoms with Gasteiger partial charge in [-0.3, -0.25) is 5.41 Å². The van der Waals surface area contributed by atoms with Gasteiger partial charge in [-0.1, -0.05) is 0 Å². The summed E-state index contributed by atoms with van der Waals surface area (Å²) in [5, 5.41) is 18.2. The molecule has 0 bridgehead atoms. The summed E-state index contributed by atoms with van der Waals surface area (Å²) in [5.41, 5.74) is 1.48. The van der Waals surface area contributed by atoms with Crippen LogP contribution in [-0.2, 0) is 4.74 Å². The summed E-state index contributed by atoms with van der Waals surface area (Å²) in [7, 11) is 1.59. The third kappa shape index (κ3) is 2.36. The molecule has 2 heterocycles. The molecule has 0 spiro atoms. The van der Waals surface area contributed by atoms with E-state index in [0.29, 0.717) is 35.6 Å². The Morgan fingerprint density at radius 3 is 3.10 bits per heavy atom. The van der Waals surface area contributed by atoms with Crippen molar-refractivity contribution in [3.63, 3.8) is 0 Å². The summed E-state index contributed by atoms with van der Waals surface area (Å²) < 4.78 is 18.2. The maximum absolute atomic E-state index is 13.2. The van der Waals surface area contributed by atoms with Gasteiger partial charge in [0.2, 0.25) is 0 Å². The number of rotatable bonds is 4. The Morgan fingerprint density at radius 1 is 1.52 bits per heavy atom. The van der Waals surface area contributed by atoms with Crippen LogP contribution < -0.4 is 0 Å². The molecule has 1 aliphatic rings. The van der Waals surface area contributed by atoms with Gasteiger partial charge in [0.25, 0.3) is 0 Å². The van der Waals surface area contributed by atoms with Crippen molar-refractivity contribution >= 4 is 22.4 Å². The molecular formula is C14H15FN4O2. The second-order valence-electron chi connectivity index (χ2n) is 4.83. The van der Waals surface area contributed by atoms with Crippen LogP contribution in [0.3, 0.4) is 0 Å². The highest BCUT2D eigenvalue weighted by Gasteiger charge is 2.29. The summed E-state index contributed by atoms with van der Waals surface area (Å²) in [6, 6.07) is 4.22. The Hall–Kier alpha value is -2.41. The number of aromatic nitrogens is 2. The fourth-order valence-electron chi connectivity index (χ4n) is 2.38. The maximum atomic E-state index is 13.2. The number of amidine groups is 1. The Morgan fingerprint density at radius 2 is 2.33 bits per heavy atom. The van der Waals surface area contributed by atoms with E-state index in [1.54, 1.807) is 18.1 Å². The number of nitrogens with zero attached hydrogens (tertiary/aromatic N) is 2. The molecule has 110 valence electrons. The van der Waals surface area contributed by atoms with Gasteiger partial charge in [-0.2, -0.15) is 0 Å². The highest BCUT2D eigenvalue weighted by atomic mass is 19.1. The van der Waals surface area contributed by atoms with E-state index in [1.807, 2.05) is 0 Å². The molecule has 7 heteroatoms. The van der Waals surface area contributed by atoms with Crippen LogP contribution in [0.2, 0.25) is 0 Å². The van der Waals surface area contributed by atoms with Crippen LogP contribution in [0.25, 0.3) is 16.6 Å². The van der Waals surface area contributed by atoms with E-state index >= 15 is 0 Å². The lowest BCUT2D eigenvalue weighted by atomic mass is 10.2. The first-order chi connectivity index (χ1) is 10.1. The van der Waals surface area contributed by atoms with E-state index in [2.05, 4.69) is 9.97 Å². The lowest BCUT2D eigenvalue weighted by Crippen LogP contribution is -2.30. The van der Waals surface area contributed by atoms with Crippen molar-refractivity contribution in [2.24, 2.45) is 0 Å². The molecule has 0 aliphatic carbocycles. The van der Waals surface area contributed by atoms with E-state index < -0.39 is 0 Å². The topological polar surface area (TPSA) is 85.2 Å². The number of benzene rings is 1. The maximum Gasteiger partial charge on any atom is 0.145 e. The Balaban J connectivity index is 1.94. The number of hydrogen-bond donors (Lipinski definition) is 3. The first-order valence-electron chi connectivity index (χ1n) is 6.50. The number of imidazole rings is 1. The molecule has 0 unspecified atom stereocenters. The van der Waals surface area contributed by atoms with E-state index in [0.717, 1.165) is 0 Å². The van der Waals surface area contributed by atoms with Crippen LogP contribution in [0.1, 0.15) is 5.82 Å². The van der Waals surface area contributed by atoms with Crippen molar-refractivity contribution in [1.29, 1.82) is 5.41 Å². The van der Waals surface area contributed by atoms with Gasteiger partial charge < -0.3 is 19.7 Å². The van der Waals surface area contributed by atoms with Crippen molar-refractivity contribution in [3.8, 4) is 0 Å². The number of hydrogen-bond acceptors (Lipinski definition) is 4. The van der Waals surface area contributed by atoms with Crippen molar-refractivity contribution in [3.05, 3.63) is 35.6 Å². The zero-order valence-corrected chi connectivity index (χ0v) is 11.5. The minimum Gasteiger partial charge on any atom is -0.510 e. The molecule has 1 aromatic heterocycles. The lowest BCUT2D eigenvalue weighted by molar-refractivity contribution is 0.177. The highest BCUT2D eigenvalue weighted by Crippen LogP contribution is 2.27. The molecule has 3 rings (SSSR count). The van der Waals surface area contributed by atoms with Crippen molar-refractivity contribution < 1.29 is 14.2 Å². The van der Waals surface area contributed by atoms with E-state index in [9.17, 15) is 9.50 Å². The number of halogens is 1. The van der Waals surface area contributed by atoms with E-state index in [-0.39, 0.29) is 24.0 Å². The molecule has 0 atom stereocenters. The molecule has 6 nitrogen and oxygen atoms in total. The van der Waals surface area contributed by atoms with Gasteiger partial charge in [0.15, 0.2) is 0 Å². The zero-order chi connectivity index (χ0) is 15.0. The van der Waals surface area contributed by atoms with Crippen molar-refractivity contribution in [2.75, 3.05) is 26.8 Å². The molecule has 1 aromatic carbocycles. The number of fused-ring (bicyclic) bond motifs is 1. The second kappa shape index (κ2) is 5.17. The molecule has 0 amide bonds. The predicted octanol–water partition coefficient (Wildman–Crippen LogP) is 1.91. The number of H-pyrrole nitrogens is 1. The van der Waals surface area contributed by atoms with Gasteiger partial charge in [0.05, 0.1) is 29.8 Å². The summed E-state index contributed by atoms with van der Waals surface area (Å²) in [5.74, 6) is 0.275. The monoisotopic (exact) mass is 290 g/mol. The van der Waals surface area contributed by atoms with Crippen LogP contribution in [0.15, 0.2) is 24.0 Å². The minimum absolute atomic E-state index is 0.0793. The van der Waals surface area contributed by atoms with Crippen LogP contribution in [-0.4, -0.2) is 52.6 Å². The Kier molecular flexibility index (Phi) is 3.34. The number of nitrogens with one attached hydrogen (secondary N) is 2. The molecule has 3 N–H and O–H groups in total. The summed E-state index contributed by atoms with van der Waals surface area (Å²) in [4.78, 5) is 8.96. The van der Waals surface area contributed by atoms with Crippen LogP contribution in [0.4, 0.5) is 4.39 Å². The largest absolute Gasteiger partial charge is 0.510 e. The molecule has 0 saturated carbocycles. The summed E-state index contributed by atoms with van der Waals surface area (Å²) >= 11 is 0. The smallest absolute Gasteiger partial charge is 0.145 e. The first-order valence-corrected chi connectivity index (χ1v) is 6.50. The molecular weight excluding hydrogens is 275 g/mol. The molecule has 2 aromatic rings. The van der Waals surface area contributed by atoms with Gasteiger partial charge in [-0.25, -0.2) is 9.37 Å². The quantitative estimate of drug-likeness (QED) is 0.803. The number of aliphatic hydroxyl groups is 1. The summed E-state index contributed by atoms with van der Waals surface area (Å²) in [6.45, 7) is 1.23. The number of methoxy groups -OCH3 is 1. The third-order valence-electron chi connectivity index (χ3n) is 3.43. The number of aromatic amines is 1. The molecule has 0 saturated heterocycles. The normalized spacial score (nSPS) is 15.5. The first kappa shape index (κ1) is 13.6. The second-order valence-corrected chi connectivity index (χ2v) is 4.83. The van der Waals surface area contributed by atoms with Gasteiger partial charge >= 0.3 is 0 Å². The third-order valence-corrected chi connectivity index (χ3v) is 3.43. The lowest BCUT2D eigenvalue weighted by Gasteiger charge is -2.17. The van der Waals surface area contributed by atoms with Gasteiger partial charge in [-0.05, 0) is 18.2 Å². The van der Waals surface area contributed by atoms with Crippen LogP contribution in [0, 0.1) is 11.2 Å². The molecule has 0 fully saturated rings.